The van der Waals surface area contributed by atoms with Gasteiger partial charge in [-0.2, -0.15) is 0 Å². The molecular formula is C23H21FN2O3. The van der Waals surface area contributed by atoms with Crippen molar-refractivity contribution in [3.05, 3.63) is 89.7 Å². The third-order valence-electron chi connectivity index (χ3n) is 3.99. The second-order valence-corrected chi connectivity index (χ2v) is 6.66. The van der Waals surface area contributed by atoms with E-state index < -0.39 is 11.7 Å². The van der Waals surface area contributed by atoms with Crippen molar-refractivity contribution in [3.8, 4) is 5.75 Å². The molecule has 0 aromatic heterocycles. The molecule has 0 saturated heterocycles. The molecular weight excluding hydrogens is 371 g/mol. The molecule has 0 aliphatic carbocycles. The summed E-state index contributed by atoms with van der Waals surface area (Å²) < 4.78 is 18.9. The molecule has 29 heavy (non-hydrogen) atoms. The van der Waals surface area contributed by atoms with Gasteiger partial charge in [0.05, 0.1) is 11.8 Å². The number of hydrogen-bond acceptors (Lipinski definition) is 3. The van der Waals surface area contributed by atoms with Gasteiger partial charge >= 0.3 is 0 Å². The second kappa shape index (κ2) is 9.01. The summed E-state index contributed by atoms with van der Waals surface area (Å²) in [5, 5.41) is 5.44. The summed E-state index contributed by atoms with van der Waals surface area (Å²) in [7, 11) is 0. The summed E-state index contributed by atoms with van der Waals surface area (Å²) in [6.45, 7) is 3.82. The maximum Gasteiger partial charge on any atom is 0.255 e. The number of ether oxygens (including phenoxy) is 1. The number of hydrogen-bond donors (Lipinski definition) is 2. The van der Waals surface area contributed by atoms with Gasteiger partial charge in [-0.3, -0.25) is 9.59 Å². The van der Waals surface area contributed by atoms with Gasteiger partial charge in [-0.1, -0.05) is 18.2 Å². The topological polar surface area (TPSA) is 67.4 Å². The summed E-state index contributed by atoms with van der Waals surface area (Å²) in [4.78, 5) is 24.8. The molecule has 3 aromatic carbocycles. The normalized spacial score (nSPS) is 10.5. The molecule has 0 unspecified atom stereocenters. The minimum atomic E-state index is -0.434. The molecule has 0 fully saturated rings. The molecule has 0 saturated carbocycles. The largest absolute Gasteiger partial charge is 0.489 e. The minimum absolute atomic E-state index is 0.0241. The quantitative estimate of drug-likeness (QED) is 0.612. The zero-order valence-corrected chi connectivity index (χ0v) is 16.1. The van der Waals surface area contributed by atoms with Crippen LogP contribution in [0.4, 0.5) is 15.8 Å². The van der Waals surface area contributed by atoms with E-state index >= 15 is 0 Å². The maximum absolute atomic E-state index is 13.2. The third kappa shape index (κ3) is 5.42. The summed E-state index contributed by atoms with van der Waals surface area (Å²) in [5.74, 6) is -0.557. The lowest BCUT2D eigenvalue weighted by Gasteiger charge is -2.14. The molecule has 0 aliphatic heterocycles. The fraction of sp³-hybridized carbons (Fsp3) is 0.130. The van der Waals surface area contributed by atoms with E-state index in [9.17, 15) is 14.0 Å². The monoisotopic (exact) mass is 392 g/mol. The van der Waals surface area contributed by atoms with Gasteiger partial charge in [0.2, 0.25) is 0 Å². The molecule has 0 atom stereocenters. The van der Waals surface area contributed by atoms with Crippen LogP contribution in [0.5, 0.6) is 5.75 Å². The molecule has 0 radical (unpaired) electrons. The lowest BCUT2D eigenvalue weighted by molar-refractivity contribution is 0.101. The molecule has 0 aliphatic rings. The van der Waals surface area contributed by atoms with Crippen LogP contribution in [0.1, 0.15) is 34.6 Å². The van der Waals surface area contributed by atoms with Crippen molar-refractivity contribution in [3.63, 3.8) is 0 Å². The number of carbonyl (C=O) groups excluding carboxylic acids is 2. The highest BCUT2D eigenvalue weighted by Gasteiger charge is 2.12. The van der Waals surface area contributed by atoms with E-state index in [1.807, 2.05) is 26.0 Å². The van der Waals surface area contributed by atoms with Crippen LogP contribution in [0, 0.1) is 5.82 Å². The molecule has 3 rings (SSSR count). The number of rotatable bonds is 6. The first-order valence-corrected chi connectivity index (χ1v) is 9.16. The number of benzene rings is 3. The predicted molar refractivity (Wildman–Crippen MR) is 111 cm³/mol. The summed E-state index contributed by atoms with van der Waals surface area (Å²) in [6, 6.07) is 19.0. The van der Waals surface area contributed by atoms with Gasteiger partial charge < -0.3 is 15.4 Å². The zero-order chi connectivity index (χ0) is 20.8. The molecule has 0 spiro atoms. The van der Waals surface area contributed by atoms with Gasteiger partial charge in [-0.25, -0.2) is 4.39 Å². The molecule has 2 amide bonds. The molecule has 6 heteroatoms. The Morgan fingerprint density at radius 2 is 1.45 bits per heavy atom. The Morgan fingerprint density at radius 3 is 2.07 bits per heavy atom. The van der Waals surface area contributed by atoms with Crippen molar-refractivity contribution in [2.75, 3.05) is 10.6 Å². The average Bonchev–Trinajstić information content (AvgIpc) is 2.69. The van der Waals surface area contributed by atoms with Crippen LogP contribution in [0.3, 0.4) is 0 Å². The lowest BCUT2D eigenvalue weighted by atomic mass is 10.1. The zero-order valence-electron chi connectivity index (χ0n) is 16.1. The Kier molecular flexibility index (Phi) is 6.24. The van der Waals surface area contributed by atoms with Gasteiger partial charge in [-0.15, -0.1) is 0 Å². The summed E-state index contributed by atoms with van der Waals surface area (Å²) >= 11 is 0. The van der Waals surface area contributed by atoms with E-state index in [1.165, 1.54) is 18.2 Å². The Hall–Kier alpha value is -3.67. The van der Waals surface area contributed by atoms with E-state index in [4.69, 9.17) is 4.74 Å². The first kappa shape index (κ1) is 20.1. The van der Waals surface area contributed by atoms with Gasteiger partial charge in [0, 0.05) is 16.8 Å². The van der Waals surface area contributed by atoms with Crippen LogP contribution in [0.2, 0.25) is 0 Å². The smallest absolute Gasteiger partial charge is 0.255 e. The van der Waals surface area contributed by atoms with Crippen LogP contribution < -0.4 is 15.4 Å². The first-order chi connectivity index (χ1) is 13.9. The molecule has 2 N–H and O–H groups in total. The van der Waals surface area contributed by atoms with Crippen molar-refractivity contribution in [2.45, 2.75) is 20.0 Å². The standard InChI is InChI=1S/C23H21FN2O3/c1-15(2)29-21-9-4-3-8-20(21)26-23(28)17-12-10-16(11-13-17)22(27)25-19-7-5-6-18(24)14-19/h3-15H,1-2H3,(H,25,27)(H,26,28). The molecule has 148 valence electrons. The van der Waals surface area contributed by atoms with Gasteiger partial charge in [0.15, 0.2) is 0 Å². The predicted octanol–water partition coefficient (Wildman–Crippen LogP) is 5.12. The third-order valence-corrected chi connectivity index (χ3v) is 3.99. The molecule has 5 nitrogen and oxygen atoms in total. The Morgan fingerprint density at radius 1 is 0.828 bits per heavy atom. The number of halogens is 1. The van der Waals surface area contributed by atoms with Gasteiger partial charge in [0.1, 0.15) is 11.6 Å². The van der Waals surface area contributed by atoms with Crippen LogP contribution in [-0.4, -0.2) is 17.9 Å². The van der Waals surface area contributed by atoms with E-state index in [-0.39, 0.29) is 12.0 Å². The van der Waals surface area contributed by atoms with Gasteiger partial charge in [-0.05, 0) is 68.4 Å². The molecule has 0 bridgehead atoms. The number of nitrogens with one attached hydrogen (secondary N) is 2. The van der Waals surface area contributed by atoms with E-state index in [2.05, 4.69) is 10.6 Å². The van der Waals surface area contributed by atoms with E-state index in [1.54, 1.807) is 42.5 Å². The highest BCUT2D eigenvalue weighted by molar-refractivity contribution is 6.07. The molecule has 0 heterocycles. The maximum atomic E-state index is 13.2. The minimum Gasteiger partial charge on any atom is -0.489 e. The van der Waals surface area contributed by atoms with Crippen LogP contribution in [0.15, 0.2) is 72.8 Å². The summed E-state index contributed by atoms with van der Waals surface area (Å²) in [5.41, 5.74) is 1.68. The Balaban J connectivity index is 1.68. The van der Waals surface area contributed by atoms with Crippen molar-refractivity contribution in [1.29, 1.82) is 0 Å². The lowest BCUT2D eigenvalue weighted by Crippen LogP contribution is -2.15. The van der Waals surface area contributed by atoms with Crippen molar-refractivity contribution in [2.24, 2.45) is 0 Å². The number of anilines is 2. The Bertz CT molecular complexity index is 1020. The SMILES string of the molecule is CC(C)Oc1ccccc1NC(=O)c1ccc(C(=O)Nc2cccc(F)c2)cc1. The van der Waals surface area contributed by atoms with Crippen LogP contribution in [0.25, 0.3) is 0 Å². The number of amides is 2. The summed E-state index contributed by atoms with van der Waals surface area (Å²) in [6.07, 6.45) is -0.0241. The number of para-hydroxylation sites is 2. The Labute approximate surface area is 168 Å². The fourth-order valence-corrected chi connectivity index (χ4v) is 2.66. The van der Waals surface area contributed by atoms with E-state index in [0.29, 0.717) is 28.3 Å². The number of carbonyl (C=O) groups is 2. The highest BCUT2D eigenvalue weighted by atomic mass is 19.1. The van der Waals surface area contributed by atoms with Crippen LogP contribution in [-0.2, 0) is 0 Å². The van der Waals surface area contributed by atoms with E-state index in [0.717, 1.165) is 0 Å². The molecule has 3 aromatic rings. The van der Waals surface area contributed by atoms with Crippen molar-refractivity contribution >= 4 is 23.2 Å². The van der Waals surface area contributed by atoms with Crippen molar-refractivity contribution in [1.82, 2.24) is 0 Å². The fourth-order valence-electron chi connectivity index (χ4n) is 2.66. The average molecular weight is 392 g/mol. The second-order valence-electron chi connectivity index (χ2n) is 6.66. The highest BCUT2D eigenvalue weighted by Crippen LogP contribution is 2.25. The first-order valence-electron chi connectivity index (χ1n) is 9.16. The van der Waals surface area contributed by atoms with Gasteiger partial charge in [0.25, 0.3) is 11.8 Å². The van der Waals surface area contributed by atoms with Crippen molar-refractivity contribution < 1.29 is 18.7 Å². The van der Waals surface area contributed by atoms with Crippen LogP contribution >= 0.6 is 0 Å².